The van der Waals surface area contributed by atoms with Gasteiger partial charge < -0.3 is 14.7 Å². The zero-order valence-corrected chi connectivity index (χ0v) is 12.8. The average Bonchev–Trinajstić information content (AvgIpc) is 3.13. The molecular formula is C18H18N4O. The third kappa shape index (κ3) is 2.83. The van der Waals surface area contributed by atoms with Gasteiger partial charge in [-0.3, -0.25) is 0 Å². The van der Waals surface area contributed by atoms with Crippen molar-refractivity contribution in [3.63, 3.8) is 0 Å². The highest BCUT2D eigenvalue weighted by Gasteiger charge is 2.18. The van der Waals surface area contributed by atoms with Crippen LogP contribution in [-0.2, 0) is 0 Å². The molecule has 0 radical (unpaired) electrons. The molecule has 4 rings (SSSR count). The molecule has 1 aliphatic heterocycles. The fourth-order valence-corrected chi connectivity index (χ4v) is 2.87. The van der Waals surface area contributed by atoms with Gasteiger partial charge in [0.05, 0.1) is 5.56 Å². The van der Waals surface area contributed by atoms with Crippen molar-refractivity contribution in [2.75, 3.05) is 31.1 Å². The molecule has 0 atom stereocenters. The summed E-state index contributed by atoms with van der Waals surface area (Å²) in [4.78, 5) is 6.95. The predicted molar refractivity (Wildman–Crippen MR) is 90.3 cm³/mol. The van der Waals surface area contributed by atoms with E-state index in [1.54, 1.807) is 0 Å². The molecular weight excluding hydrogens is 288 g/mol. The van der Waals surface area contributed by atoms with E-state index in [9.17, 15) is 0 Å². The first-order chi connectivity index (χ1) is 11.4. The molecule has 1 N–H and O–H groups in total. The van der Waals surface area contributed by atoms with E-state index in [-0.39, 0.29) is 0 Å². The maximum absolute atomic E-state index is 5.53. The van der Waals surface area contributed by atoms with Crippen LogP contribution in [0.2, 0.25) is 0 Å². The summed E-state index contributed by atoms with van der Waals surface area (Å²) < 4.78 is 5.53. The zero-order chi connectivity index (χ0) is 15.5. The van der Waals surface area contributed by atoms with Crippen LogP contribution in [0.25, 0.3) is 22.8 Å². The number of para-hydroxylation sites is 1. The highest BCUT2D eigenvalue weighted by molar-refractivity contribution is 5.74. The molecule has 1 fully saturated rings. The predicted octanol–water partition coefficient (Wildman–Crippen LogP) is 2.81. The van der Waals surface area contributed by atoms with Crippen LogP contribution < -0.4 is 10.2 Å². The molecule has 2 aromatic carbocycles. The van der Waals surface area contributed by atoms with Crippen molar-refractivity contribution in [2.24, 2.45) is 0 Å². The molecule has 0 spiro atoms. The highest BCUT2D eigenvalue weighted by atomic mass is 16.5. The molecule has 5 nitrogen and oxygen atoms in total. The molecule has 0 amide bonds. The van der Waals surface area contributed by atoms with Crippen molar-refractivity contribution in [3.05, 3.63) is 54.6 Å². The lowest BCUT2D eigenvalue weighted by atomic mass is 10.1. The lowest BCUT2D eigenvalue weighted by molar-refractivity contribution is 0.432. The van der Waals surface area contributed by atoms with Crippen LogP contribution in [0.1, 0.15) is 0 Å². The van der Waals surface area contributed by atoms with E-state index in [1.807, 2.05) is 42.5 Å². The number of anilines is 1. The second kappa shape index (κ2) is 6.22. The van der Waals surface area contributed by atoms with Crippen molar-refractivity contribution in [1.82, 2.24) is 15.5 Å². The largest absolute Gasteiger partial charge is 0.368 e. The van der Waals surface area contributed by atoms with Gasteiger partial charge in [0.1, 0.15) is 0 Å². The minimum absolute atomic E-state index is 0.568. The van der Waals surface area contributed by atoms with Gasteiger partial charge >= 0.3 is 0 Å². The van der Waals surface area contributed by atoms with Crippen molar-refractivity contribution >= 4 is 5.69 Å². The van der Waals surface area contributed by atoms with E-state index in [4.69, 9.17) is 4.52 Å². The van der Waals surface area contributed by atoms with Gasteiger partial charge in [-0.1, -0.05) is 47.6 Å². The molecule has 0 unspecified atom stereocenters. The topological polar surface area (TPSA) is 54.2 Å². The summed E-state index contributed by atoms with van der Waals surface area (Å²) in [6.45, 7) is 3.95. The second-order valence-corrected chi connectivity index (χ2v) is 5.54. The number of hydrogen-bond donors (Lipinski definition) is 1. The van der Waals surface area contributed by atoms with Gasteiger partial charge in [0.15, 0.2) is 0 Å². The summed E-state index contributed by atoms with van der Waals surface area (Å²) in [5.74, 6) is 1.19. The number of piperazine rings is 1. The summed E-state index contributed by atoms with van der Waals surface area (Å²) in [7, 11) is 0. The van der Waals surface area contributed by atoms with Gasteiger partial charge in [0, 0.05) is 37.4 Å². The second-order valence-electron chi connectivity index (χ2n) is 5.54. The first-order valence-electron chi connectivity index (χ1n) is 7.86. The summed E-state index contributed by atoms with van der Waals surface area (Å²) in [6.07, 6.45) is 0. The Morgan fingerprint density at radius 2 is 1.65 bits per heavy atom. The summed E-state index contributed by atoms with van der Waals surface area (Å²) in [6, 6.07) is 18.1. The van der Waals surface area contributed by atoms with Gasteiger partial charge in [0.25, 0.3) is 5.89 Å². The number of nitrogens with zero attached hydrogens (tertiary/aromatic N) is 3. The Balaban J connectivity index is 1.70. The molecule has 3 aromatic rings. The Kier molecular flexibility index (Phi) is 3.78. The molecule has 0 bridgehead atoms. The standard InChI is InChI=1S/C18H18N4O/c1-2-6-14(7-3-1)17-20-18(23-21-17)15-8-4-5-9-16(15)22-12-10-19-11-13-22/h1-9,19H,10-13H2. The Bertz CT molecular complexity index is 778. The van der Waals surface area contributed by atoms with Crippen LogP contribution in [0.3, 0.4) is 0 Å². The third-order valence-corrected chi connectivity index (χ3v) is 4.05. The average molecular weight is 306 g/mol. The number of nitrogens with one attached hydrogen (secondary N) is 1. The van der Waals surface area contributed by atoms with Crippen LogP contribution in [0.5, 0.6) is 0 Å². The first kappa shape index (κ1) is 14.0. The number of aromatic nitrogens is 2. The quantitative estimate of drug-likeness (QED) is 0.806. The van der Waals surface area contributed by atoms with Crippen molar-refractivity contribution < 1.29 is 4.52 Å². The van der Waals surface area contributed by atoms with Crippen LogP contribution in [-0.4, -0.2) is 36.3 Å². The number of benzene rings is 2. The monoisotopic (exact) mass is 306 g/mol. The van der Waals surface area contributed by atoms with E-state index in [1.165, 1.54) is 0 Å². The van der Waals surface area contributed by atoms with Crippen LogP contribution in [0.4, 0.5) is 5.69 Å². The van der Waals surface area contributed by atoms with E-state index in [2.05, 4.69) is 32.5 Å². The molecule has 116 valence electrons. The SMILES string of the molecule is c1ccc(-c2noc(-c3ccccc3N3CCNCC3)n2)cc1. The molecule has 5 heteroatoms. The van der Waals surface area contributed by atoms with E-state index >= 15 is 0 Å². The highest BCUT2D eigenvalue weighted by Crippen LogP contribution is 2.31. The van der Waals surface area contributed by atoms with E-state index in [0.29, 0.717) is 11.7 Å². The molecule has 1 saturated heterocycles. The van der Waals surface area contributed by atoms with Gasteiger partial charge in [0.2, 0.25) is 5.82 Å². The van der Waals surface area contributed by atoms with Gasteiger partial charge in [-0.05, 0) is 12.1 Å². The molecule has 0 aliphatic carbocycles. The van der Waals surface area contributed by atoms with Crippen LogP contribution >= 0.6 is 0 Å². The third-order valence-electron chi connectivity index (χ3n) is 4.05. The van der Waals surface area contributed by atoms with Gasteiger partial charge in [-0.2, -0.15) is 4.98 Å². The fourth-order valence-electron chi connectivity index (χ4n) is 2.87. The van der Waals surface area contributed by atoms with E-state index in [0.717, 1.165) is 43.0 Å². The van der Waals surface area contributed by atoms with E-state index < -0.39 is 0 Å². The molecule has 23 heavy (non-hydrogen) atoms. The molecule has 0 saturated carbocycles. The number of rotatable bonds is 3. The van der Waals surface area contributed by atoms with Gasteiger partial charge in [-0.15, -0.1) is 0 Å². The Morgan fingerprint density at radius 3 is 2.48 bits per heavy atom. The Hall–Kier alpha value is -2.66. The lowest BCUT2D eigenvalue weighted by Crippen LogP contribution is -2.43. The fraction of sp³-hybridized carbons (Fsp3) is 0.222. The lowest BCUT2D eigenvalue weighted by Gasteiger charge is -2.30. The van der Waals surface area contributed by atoms with Crippen LogP contribution in [0, 0.1) is 0 Å². The zero-order valence-electron chi connectivity index (χ0n) is 12.8. The minimum atomic E-state index is 0.568. The smallest absolute Gasteiger partial charge is 0.260 e. The van der Waals surface area contributed by atoms with Crippen molar-refractivity contribution in [1.29, 1.82) is 0 Å². The van der Waals surface area contributed by atoms with Crippen molar-refractivity contribution in [2.45, 2.75) is 0 Å². The number of hydrogen-bond acceptors (Lipinski definition) is 5. The molecule has 1 aromatic heterocycles. The summed E-state index contributed by atoms with van der Waals surface area (Å²) >= 11 is 0. The Morgan fingerprint density at radius 1 is 0.913 bits per heavy atom. The molecule has 1 aliphatic rings. The summed E-state index contributed by atoms with van der Waals surface area (Å²) in [5, 5.41) is 7.51. The maximum atomic E-state index is 5.53. The van der Waals surface area contributed by atoms with Crippen LogP contribution in [0.15, 0.2) is 59.1 Å². The maximum Gasteiger partial charge on any atom is 0.260 e. The first-order valence-corrected chi connectivity index (χ1v) is 7.86. The minimum Gasteiger partial charge on any atom is -0.368 e. The normalized spacial score (nSPS) is 14.9. The summed E-state index contributed by atoms with van der Waals surface area (Å²) in [5.41, 5.74) is 3.10. The van der Waals surface area contributed by atoms with Gasteiger partial charge in [-0.25, -0.2) is 0 Å². The molecule has 2 heterocycles. The van der Waals surface area contributed by atoms with Crippen molar-refractivity contribution in [3.8, 4) is 22.8 Å². The Labute approximate surface area is 134 Å².